The largest absolute Gasteiger partial charge is 0.507 e. The van der Waals surface area contributed by atoms with Crippen molar-refractivity contribution in [1.82, 2.24) is 19.9 Å². The first kappa shape index (κ1) is 17.0. The van der Waals surface area contributed by atoms with Gasteiger partial charge in [-0.1, -0.05) is 30.1 Å². The summed E-state index contributed by atoms with van der Waals surface area (Å²) in [5, 5.41) is 14.0. The predicted octanol–water partition coefficient (Wildman–Crippen LogP) is 2.39. The minimum atomic E-state index is -0.121. The molecule has 7 heteroatoms. The van der Waals surface area contributed by atoms with Gasteiger partial charge in [0.25, 0.3) is 5.91 Å². The molecule has 1 aliphatic carbocycles. The normalized spacial score (nSPS) is 19.2. The van der Waals surface area contributed by atoms with Crippen molar-refractivity contribution in [3.8, 4) is 5.75 Å². The molecule has 2 fully saturated rings. The van der Waals surface area contributed by atoms with E-state index in [1.165, 1.54) is 12.8 Å². The molecule has 1 aromatic heterocycles. The second kappa shape index (κ2) is 7.45. The van der Waals surface area contributed by atoms with E-state index in [9.17, 15) is 9.90 Å². The lowest BCUT2D eigenvalue weighted by molar-refractivity contribution is 0.0612. The Morgan fingerprint density at radius 2 is 1.88 bits per heavy atom. The van der Waals surface area contributed by atoms with E-state index in [0.29, 0.717) is 37.0 Å². The smallest absolute Gasteiger partial charge is 0.257 e. The predicted molar refractivity (Wildman–Crippen MR) is 94.8 cm³/mol. The standard InChI is InChI=1S/C19H24N4O3/c24-16-8-4-3-7-15(16)19(25)23-11-9-22(10-12-23)13-17-20-18(21-26-17)14-5-1-2-6-14/h3-4,7-8,14,24H,1-2,5-6,9-13H2. The zero-order valence-electron chi connectivity index (χ0n) is 14.8. The van der Waals surface area contributed by atoms with E-state index in [1.54, 1.807) is 29.2 Å². The van der Waals surface area contributed by atoms with Crippen LogP contribution in [0.5, 0.6) is 5.75 Å². The fourth-order valence-electron chi connectivity index (χ4n) is 3.81. The maximum absolute atomic E-state index is 12.5. The lowest BCUT2D eigenvalue weighted by Crippen LogP contribution is -2.48. The first-order chi connectivity index (χ1) is 12.7. The van der Waals surface area contributed by atoms with Gasteiger partial charge in [-0.2, -0.15) is 4.98 Å². The van der Waals surface area contributed by atoms with Crippen LogP contribution in [-0.4, -0.2) is 57.1 Å². The second-order valence-corrected chi connectivity index (χ2v) is 7.11. The number of carbonyl (C=O) groups excluding carboxylic acids is 1. The zero-order chi connectivity index (χ0) is 17.9. The van der Waals surface area contributed by atoms with Gasteiger partial charge >= 0.3 is 0 Å². The van der Waals surface area contributed by atoms with Crippen LogP contribution in [0.1, 0.15) is 53.7 Å². The molecule has 4 rings (SSSR count). The molecule has 1 N–H and O–H groups in total. The Morgan fingerprint density at radius 3 is 2.62 bits per heavy atom. The number of benzene rings is 1. The van der Waals surface area contributed by atoms with Crippen LogP contribution < -0.4 is 0 Å². The zero-order valence-corrected chi connectivity index (χ0v) is 14.8. The van der Waals surface area contributed by atoms with Gasteiger partial charge in [0.1, 0.15) is 5.75 Å². The molecule has 0 spiro atoms. The third-order valence-electron chi connectivity index (χ3n) is 5.36. The summed E-state index contributed by atoms with van der Waals surface area (Å²) in [5.74, 6) is 1.88. The molecule has 1 saturated carbocycles. The number of carbonyl (C=O) groups is 1. The fourth-order valence-corrected chi connectivity index (χ4v) is 3.81. The summed E-state index contributed by atoms with van der Waals surface area (Å²) >= 11 is 0. The number of aromatic hydroxyl groups is 1. The Kier molecular flexibility index (Phi) is 4.88. The molecule has 26 heavy (non-hydrogen) atoms. The quantitative estimate of drug-likeness (QED) is 0.906. The Morgan fingerprint density at radius 1 is 1.15 bits per heavy atom. The molecule has 0 atom stereocenters. The first-order valence-corrected chi connectivity index (χ1v) is 9.33. The number of hydrogen-bond acceptors (Lipinski definition) is 6. The average molecular weight is 356 g/mol. The van der Waals surface area contributed by atoms with Crippen LogP contribution in [0.25, 0.3) is 0 Å². The van der Waals surface area contributed by atoms with Crippen molar-refractivity contribution >= 4 is 5.91 Å². The minimum absolute atomic E-state index is 0.0326. The van der Waals surface area contributed by atoms with Gasteiger partial charge in [0.15, 0.2) is 5.82 Å². The number of nitrogens with zero attached hydrogens (tertiary/aromatic N) is 4. The molecular weight excluding hydrogens is 332 g/mol. The van der Waals surface area contributed by atoms with E-state index in [1.807, 2.05) is 0 Å². The van der Waals surface area contributed by atoms with Crippen LogP contribution in [0.4, 0.5) is 0 Å². The van der Waals surface area contributed by atoms with Crippen molar-refractivity contribution in [1.29, 1.82) is 0 Å². The van der Waals surface area contributed by atoms with E-state index in [4.69, 9.17) is 4.52 Å². The van der Waals surface area contributed by atoms with E-state index >= 15 is 0 Å². The molecule has 0 bridgehead atoms. The molecule has 0 radical (unpaired) electrons. The summed E-state index contributed by atoms with van der Waals surface area (Å²) < 4.78 is 5.42. The summed E-state index contributed by atoms with van der Waals surface area (Å²) in [7, 11) is 0. The molecule has 1 aromatic carbocycles. The molecule has 138 valence electrons. The Bertz CT molecular complexity index is 762. The molecule has 1 amide bonds. The molecule has 2 aliphatic rings. The highest BCUT2D eigenvalue weighted by Gasteiger charge is 2.26. The van der Waals surface area contributed by atoms with E-state index in [0.717, 1.165) is 31.8 Å². The lowest BCUT2D eigenvalue weighted by atomic mass is 10.1. The highest BCUT2D eigenvalue weighted by molar-refractivity contribution is 5.96. The fraction of sp³-hybridized carbons (Fsp3) is 0.526. The van der Waals surface area contributed by atoms with Gasteiger partial charge in [0.05, 0.1) is 12.1 Å². The highest BCUT2D eigenvalue weighted by atomic mass is 16.5. The van der Waals surface area contributed by atoms with Crippen LogP contribution >= 0.6 is 0 Å². The molecule has 0 unspecified atom stereocenters. The summed E-state index contributed by atoms with van der Waals surface area (Å²) in [6.07, 6.45) is 4.82. The van der Waals surface area contributed by atoms with Gasteiger partial charge in [0, 0.05) is 32.1 Å². The number of phenols is 1. The van der Waals surface area contributed by atoms with Crippen LogP contribution in [0.2, 0.25) is 0 Å². The van der Waals surface area contributed by atoms with Crippen molar-refractivity contribution in [3.63, 3.8) is 0 Å². The number of para-hydroxylation sites is 1. The number of amides is 1. The van der Waals surface area contributed by atoms with Crippen LogP contribution in [-0.2, 0) is 6.54 Å². The van der Waals surface area contributed by atoms with Crippen LogP contribution in [0.3, 0.4) is 0 Å². The van der Waals surface area contributed by atoms with Crippen molar-refractivity contribution < 1.29 is 14.4 Å². The monoisotopic (exact) mass is 356 g/mol. The number of rotatable bonds is 4. The summed E-state index contributed by atoms with van der Waals surface area (Å²) in [4.78, 5) is 21.1. The van der Waals surface area contributed by atoms with Crippen LogP contribution in [0.15, 0.2) is 28.8 Å². The SMILES string of the molecule is O=C(c1ccccc1O)N1CCN(Cc2nc(C3CCCC3)no2)CC1. The number of aromatic nitrogens is 2. The van der Waals surface area contributed by atoms with Crippen molar-refractivity contribution in [3.05, 3.63) is 41.5 Å². The summed E-state index contributed by atoms with van der Waals surface area (Å²) in [6.45, 7) is 3.37. The van der Waals surface area contributed by atoms with E-state index in [-0.39, 0.29) is 11.7 Å². The van der Waals surface area contributed by atoms with Crippen molar-refractivity contribution in [2.45, 2.75) is 38.1 Å². The number of phenolic OH excluding ortho intramolecular Hbond substituents is 1. The Labute approximate surface area is 152 Å². The second-order valence-electron chi connectivity index (χ2n) is 7.11. The highest BCUT2D eigenvalue weighted by Crippen LogP contribution is 2.32. The van der Waals surface area contributed by atoms with Gasteiger partial charge in [-0.3, -0.25) is 9.69 Å². The topological polar surface area (TPSA) is 82.7 Å². The van der Waals surface area contributed by atoms with Gasteiger partial charge in [-0.05, 0) is 25.0 Å². The van der Waals surface area contributed by atoms with Crippen LogP contribution in [0, 0.1) is 0 Å². The molecule has 2 aromatic rings. The van der Waals surface area contributed by atoms with Crippen molar-refractivity contribution in [2.75, 3.05) is 26.2 Å². The van der Waals surface area contributed by atoms with E-state index in [2.05, 4.69) is 15.0 Å². The Balaban J connectivity index is 1.31. The summed E-state index contributed by atoms with van der Waals surface area (Å²) in [6, 6.07) is 6.68. The third kappa shape index (κ3) is 3.58. The van der Waals surface area contributed by atoms with Gasteiger partial charge in [0.2, 0.25) is 5.89 Å². The van der Waals surface area contributed by atoms with Crippen molar-refractivity contribution in [2.24, 2.45) is 0 Å². The minimum Gasteiger partial charge on any atom is -0.507 e. The average Bonchev–Trinajstić information content (AvgIpc) is 3.34. The lowest BCUT2D eigenvalue weighted by Gasteiger charge is -2.34. The van der Waals surface area contributed by atoms with Gasteiger partial charge in [-0.25, -0.2) is 0 Å². The molecule has 1 saturated heterocycles. The number of piperazine rings is 1. The molecule has 7 nitrogen and oxygen atoms in total. The van der Waals surface area contributed by atoms with Gasteiger partial charge in [-0.15, -0.1) is 0 Å². The first-order valence-electron chi connectivity index (χ1n) is 9.33. The maximum Gasteiger partial charge on any atom is 0.257 e. The Hall–Kier alpha value is -2.41. The van der Waals surface area contributed by atoms with E-state index < -0.39 is 0 Å². The molecular formula is C19H24N4O3. The summed E-state index contributed by atoms with van der Waals surface area (Å²) in [5.41, 5.74) is 0.360. The third-order valence-corrected chi connectivity index (χ3v) is 5.36. The molecule has 1 aliphatic heterocycles. The maximum atomic E-state index is 12.5. The van der Waals surface area contributed by atoms with Gasteiger partial charge < -0.3 is 14.5 Å². The number of hydrogen-bond donors (Lipinski definition) is 1. The molecule has 2 heterocycles.